The Bertz CT molecular complexity index is 652. The number of hydrogen-bond donors (Lipinski definition) is 2. The average molecular weight is 286 g/mol. The number of aryl methyl sites for hydroxylation is 1. The molecule has 0 aliphatic carbocycles. The van der Waals surface area contributed by atoms with E-state index in [1.54, 1.807) is 12.1 Å². The summed E-state index contributed by atoms with van der Waals surface area (Å²) in [5.41, 5.74) is 13.6. The van der Waals surface area contributed by atoms with Crippen molar-refractivity contribution in [3.05, 3.63) is 53.0 Å². The first kappa shape index (κ1) is 15.0. The van der Waals surface area contributed by atoms with Crippen molar-refractivity contribution in [3.8, 4) is 0 Å². The maximum Gasteiger partial charge on any atom is 0.222 e. The highest BCUT2D eigenvalue weighted by Crippen LogP contribution is 2.27. The molecular weight excluding hydrogens is 267 g/mol. The zero-order valence-corrected chi connectivity index (χ0v) is 12.4. The summed E-state index contributed by atoms with van der Waals surface area (Å²) >= 11 is 0. The van der Waals surface area contributed by atoms with Crippen LogP contribution >= 0.6 is 0 Å². The van der Waals surface area contributed by atoms with Gasteiger partial charge in [-0.1, -0.05) is 38.1 Å². The van der Waals surface area contributed by atoms with E-state index in [1.165, 1.54) is 12.1 Å². The average Bonchev–Trinajstić information content (AvgIpc) is 2.37. The Kier molecular flexibility index (Phi) is 3.93. The van der Waals surface area contributed by atoms with E-state index in [-0.39, 0.29) is 17.2 Å². The van der Waals surface area contributed by atoms with Gasteiger partial charge >= 0.3 is 0 Å². The van der Waals surface area contributed by atoms with Crippen LogP contribution in [0.3, 0.4) is 0 Å². The number of nitrogens with two attached hydrogens (primary N) is 2. The van der Waals surface area contributed by atoms with Gasteiger partial charge < -0.3 is 11.5 Å². The van der Waals surface area contributed by atoms with Gasteiger partial charge in [0, 0.05) is 11.0 Å². The van der Waals surface area contributed by atoms with E-state index in [2.05, 4.69) is 9.97 Å². The molecule has 4 nitrogen and oxygen atoms in total. The van der Waals surface area contributed by atoms with E-state index in [9.17, 15) is 4.39 Å². The van der Waals surface area contributed by atoms with Crippen molar-refractivity contribution >= 4 is 17.8 Å². The van der Waals surface area contributed by atoms with Crippen LogP contribution < -0.4 is 11.5 Å². The molecule has 0 aliphatic heterocycles. The highest BCUT2D eigenvalue weighted by atomic mass is 19.1. The third-order valence-corrected chi connectivity index (χ3v) is 3.44. The molecule has 0 unspecified atom stereocenters. The van der Waals surface area contributed by atoms with E-state index in [4.69, 9.17) is 11.5 Å². The second-order valence-corrected chi connectivity index (χ2v) is 5.53. The molecule has 0 saturated carbocycles. The lowest BCUT2D eigenvalue weighted by Crippen LogP contribution is -2.13. The molecule has 0 aliphatic rings. The number of anilines is 2. The van der Waals surface area contributed by atoms with Gasteiger partial charge in [-0.3, -0.25) is 0 Å². The Balaban J connectivity index is 2.34. The molecule has 2 aromatic rings. The molecule has 0 saturated heterocycles. The first-order chi connectivity index (χ1) is 9.79. The van der Waals surface area contributed by atoms with Gasteiger partial charge in [-0.05, 0) is 24.6 Å². The van der Waals surface area contributed by atoms with Crippen molar-refractivity contribution in [1.29, 1.82) is 0 Å². The second-order valence-electron chi connectivity index (χ2n) is 5.53. The summed E-state index contributed by atoms with van der Waals surface area (Å²) in [5.74, 6) is 0.275. The highest BCUT2D eigenvalue weighted by Gasteiger charge is 2.17. The van der Waals surface area contributed by atoms with Crippen molar-refractivity contribution in [2.75, 3.05) is 11.5 Å². The zero-order valence-electron chi connectivity index (χ0n) is 12.4. The summed E-state index contributed by atoms with van der Waals surface area (Å²) in [5, 5.41) is 0. The van der Waals surface area contributed by atoms with Crippen molar-refractivity contribution in [3.63, 3.8) is 0 Å². The molecule has 0 amide bonds. The lowest BCUT2D eigenvalue weighted by atomic mass is 9.84. The normalized spacial score (nSPS) is 12.0. The van der Waals surface area contributed by atoms with Crippen LogP contribution in [0, 0.1) is 12.7 Å². The van der Waals surface area contributed by atoms with Crippen LogP contribution in [0.1, 0.15) is 30.7 Å². The number of nitrogen functional groups attached to an aromatic ring is 2. The number of hydrogen-bond acceptors (Lipinski definition) is 4. The highest BCUT2D eigenvalue weighted by molar-refractivity contribution is 5.65. The van der Waals surface area contributed by atoms with E-state index in [1.807, 2.05) is 32.9 Å². The number of aromatic nitrogens is 2. The Hall–Kier alpha value is -2.43. The van der Waals surface area contributed by atoms with Gasteiger partial charge in [0.2, 0.25) is 5.95 Å². The summed E-state index contributed by atoms with van der Waals surface area (Å²) in [6.45, 7) is 5.92. The quantitative estimate of drug-likeness (QED) is 0.909. The molecule has 4 N–H and O–H groups in total. The van der Waals surface area contributed by atoms with Gasteiger partial charge in [-0.2, -0.15) is 4.98 Å². The van der Waals surface area contributed by atoms with Crippen molar-refractivity contribution < 1.29 is 4.39 Å². The summed E-state index contributed by atoms with van der Waals surface area (Å²) in [6, 6.07) is 6.46. The molecule has 5 heteroatoms. The molecule has 0 bridgehead atoms. The monoisotopic (exact) mass is 286 g/mol. The third-order valence-electron chi connectivity index (χ3n) is 3.44. The Morgan fingerprint density at radius 1 is 1.10 bits per heavy atom. The third kappa shape index (κ3) is 3.37. The second kappa shape index (κ2) is 5.52. The maximum absolute atomic E-state index is 13.0. The molecule has 2 rings (SSSR count). The number of allylic oxidation sites excluding steroid dienone is 1. The topological polar surface area (TPSA) is 77.8 Å². The molecule has 0 radical (unpaired) electrons. The van der Waals surface area contributed by atoms with Crippen molar-refractivity contribution in [2.45, 2.75) is 26.2 Å². The van der Waals surface area contributed by atoms with Crippen LogP contribution in [0.2, 0.25) is 0 Å². The standard InChI is InChI=1S/C16H19FN4/c1-10-13(14(18)21-15(19)20-10)8-9-16(2,3)11-4-6-12(17)7-5-11/h4-9H,1-3H3,(H4,18,19,20,21). The van der Waals surface area contributed by atoms with Crippen molar-refractivity contribution in [2.24, 2.45) is 0 Å². The fourth-order valence-corrected chi connectivity index (χ4v) is 2.10. The molecule has 110 valence electrons. The zero-order chi connectivity index (χ0) is 15.6. The number of benzene rings is 1. The van der Waals surface area contributed by atoms with Gasteiger partial charge in [0.25, 0.3) is 0 Å². The SMILES string of the molecule is Cc1nc(N)nc(N)c1C=CC(C)(C)c1ccc(F)cc1. The van der Waals surface area contributed by atoms with E-state index < -0.39 is 0 Å². The molecule has 1 aromatic carbocycles. The first-order valence-electron chi connectivity index (χ1n) is 6.64. The number of rotatable bonds is 3. The molecule has 0 fully saturated rings. The summed E-state index contributed by atoms with van der Waals surface area (Å²) in [7, 11) is 0. The number of nitrogens with zero attached hydrogens (tertiary/aromatic N) is 2. The first-order valence-corrected chi connectivity index (χ1v) is 6.64. The largest absolute Gasteiger partial charge is 0.383 e. The minimum Gasteiger partial charge on any atom is -0.383 e. The predicted molar refractivity (Wildman–Crippen MR) is 84.1 cm³/mol. The number of halogens is 1. The van der Waals surface area contributed by atoms with Crippen LogP contribution in [-0.4, -0.2) is 9.97 Å². The van der Waals surface area contributed by atoms with Crippen LogP contribution in [0.5, 0.6) is 0 Å². The van der Waals surface area contributed by atoms with Crippen LogP contribution in [-0.2, 0) is 5.41 Å². The Morgan fingerprint density at radius 3 is 2.29 bits per heavy atom. The lowest BCUT2D eigenvalue weighted by molar-refractivity contribution is 0.620. The van der Waals surface area contributed by atoms with Gasteiger partial charge in [0.1, 0.15) is 11.6 Å². The van der Waals surface area contributed by atoms with Gasteiger partial charge in [-0.25, -0.2) is 9.37 Å². The van der Waals surface area contributed by atoms with E-state index in [0.29, 0.717) is 5.82 Å². The minimum absolute atomic E-state index is 0.167. The lowest BCUT2D eigenvalue weighted by Gasteiger charge is -2.21. The Labute approximate surface area is 123 Å². The van der Waals surface area contributed by atoms with E-state index >= 15 is 0 Å². The summed E-state index contributed by atoms with van der Waals surface area (Å²) < 4.78 is 13.0. The summed E-state index contributed by atoms with van der Waals surface area (Å²) in [6.07, 6.45) is 3.88. The fraction of sp³-hybridized carbons (Fsp3) is 0.250. The molecule has 1 aromatic heterocycles. The van der Waals surface area contributed by atoms with Gasteiger partial charge in [0.15, 0.2) is 0 Å². The molecule has 0 spiro atoms. The van der Waals surface area contributed by atoms with Gasteiger partial charge in [0.05, 0.1) is 5.69 Å². The molecule has 1 heterocycles. The van der Waals surface area contributed by atoms with Crippen LogP contribution in [0.15, 0.2) is 30.3 Å². The van der Waals surface area contributed by atoms with Crippen LogP contribution in [0.25, 0.3) is 6.08 Å². The molecular formula is C16H19FN4. The van der Waals surface area contributed by atoms with Gasteiger partial charge in [-0.15, -0.1) is 0 Å². The predicted octanol–water partition coefficient (Wildman–Crippen LogP) is 3.08. The van der Waals surface area contributed by atoms with Crippen LogP contribution in [0.4, 0.5) is 16.2 Å². The minimum atomic E-state index is -0.270. The van der Waals surface area contributed by atoms with Crippen molar-refractivity contribution in [1.82, 2.24) is 9.97 Å². The Morgan fingerprint density at radius 2 is 1.71 bits per heavy atom. The smallest absolute Gasteiger partial charge is 0.222 e. The fourth-order valence-electron chi connectivity index (χ4n) is 2.10. The molecule has 21 heavy (non-hydrogen) atoms. The van der Waals surface area contributed by atoms with E-state index in [0.717, 1.165) is 16.8 Å². The maximum atomic E-state index is 13.0. The summed E-state index contributed by atoms with van der Waals surface area (Å²) in [4.78, 5) is 8.07. The molecule has 0 atom stereocenters.